The first-order valence-corrected chi connectivity index (χ1v) is 9.32. The van der Waals surface area contributed by atoms with Gasteiger partial charge in [0.2, 0.25) is 11.8 Å². The van der Waals surface area contributed by atoms with Crippen LogP contribution in [0.25, 0.3) is 0 Å². The predicted octanol–water partition coefficient (Wildman–Crippen LogP) is 2.86. The lowest BCUT2D eigenvalue weighted by Gasteiger charge is -2.24. The molecule has 2 heterocycles. The second kappa shape index (κ2) is 8.43. The van der Waals surface area contributed by atoms with E-state index in [0.717, 1.165) is 16.3 Å². The Hall–Kier alpha value is -2.55. The van der Waals surface area contributed by atoms with Crippen LogP contribution in [-0.4, -0.2) is 34.4 Å². The highest BCUT2D eigenvalue weighted by Gasteiger charge is 2.35. The number of benzene rings is 1. The van der Waals surface area contributed by atoms with E-state index in [0.29, 0.717) is 19.4 Å². The van der Waals surface area contributed by atoms with Gasteiger partial charge in [0.15, 0.2) is 0 Å². The minimum atomic E-state index is -2.88. The van der Waals surface area contributed by atoms with Gasteiger partial charge >= 0.3 is 6.61 Å². The molecule has 0 aliphatic carbocycles. The summed E-state index contributed by atoms with van der Waals surface area (Å²) in [6.45, 7) is -0.431. The number of aromatic nitrogens is 1. The van der Waals surface area contributed by atoms with Crippen molar-refractivity contribution >= 4 is 23.2 Å². The van der Waals surface area contributed by atoms with Gasteiger partial charge in [0.05, 0.1) is 6.54 Å². The molecule has 3 rings (SSSR count). The van der Waals surface area contributed by atoms with E-state index < -0.39 is 12.7 Å². The van der Waals surface area contributed by atoms with E-state index in [-0.39, 0.29) is 24.1 Å². The van der Waals surface area contributed by atoms with Crippen molar-refractivity contribution in [3.63, 3.8) is 0 Å². The number of alkyl halides is 2. The Morgan fingerprint density at radius 3 is 2.78 bits per heavy atom. The zero-order valence-electron chi connectivity index (χ0n) is 14.7. The van der Waals surface area contributed by atoms with Gasteiger partial charge in [-0.25, -0.2) is 4.98 Å². The number of carbonyl (C=O) groups excluding carboxylic acids is 2. The molecule has 0 spiro atoms. The molecule has 27 heavy (non-hydrogen) atoms. The number of thiazole rings is 1. The van der Waals surface area contributed by atoms with Crippen LogP contribution in [0.15, 0.2) is 29.6 Å². The summed E-state index contributed by atoms with van der Waals surface area (Å²) in [4.78, 5) is 30.5. The van der Waals surface area contributed by atoms with Gasteiger partial charge in [-0.2, -0.15) is 8.78 Å². The molecule has 1 fully saturated rings. The van der Waals surface area contributed by atoms with Crippen LogP contribution in [0.4, 0.5) is 8.78 Å². The molecular weight excluding hydrogens is 376 g/mol. The summed E-state index contributed by atoms with van der Waals surface area (Å²) in [5, 5.41) is 5.56. The van der Waals surface area contributed by atoms with Crippen LogP contribution in [0.2, 0.25) is 0 Å². The highest BCUT2D eigenvalue weighted by Crippen LogP contribution is 2.23. The van der Waals surface area contributed by atoms with Gasteiger partial charge in [0.25, 0.3) is 0 Å². The molecule has 1 aliphatic heterocycles. The fourth-order valence-electron chi connectivity index (χ4n) is 2.94. The van der Waals surface area contributed by atoms with Gasteiger partial charge in [0.1, 0.15) is 16.8 Å². The summed E-state index contributed by atoms with van der Waals surface area (Å²) in [5.74, 6) is -0.269. The summed E-state index contributed by atoms with van der Waals surface area (Å²) in [7, 11) is 0. The quantitative estimate of drug-likeness (QED) is 0.783. The van der Waals surface area contributed by atoms with Crippen LogP contribution in [0.3, 0.4) is 0 Å². The molecule has 0 radical (unpaired) electrons. The Bertz CT molecular complexity index is 810. The van der Waals surface area contributed by atoms with Crippen molar-refractivity contribution in [3.8, 4) is 5.75 Å². The third-order valence-corrected chi connectivity index (χ3v) is 5.18. The van der Waals surface area contributed by atoms with Crippen LogP contribution in [0, 0.1) is 6.92 Å². The van der Waals surface area contributed by atoms with Crippen molar-refractivity contribution in [2.75, 3.05) is 0 Å². The zero-order chi connectivity index (χ0) is 19.4. The number of nitrogens with one attached hydrogen (secondary N) is 1. The summed E-state index contributed by atoms with van der Waals surface area (Å²) in [5.41, 5.74) is 1.64. The zero-order valence-corrected chi connectivity index (χ0v) is 15.5. The smallest absolute Gasteiger partial charge is 0.387 e. The normalized spacial score (nSPS) is 16.8. The van der Waals surface area contributed by atoms with Crippen LogP contribution >= 0.6 is 11.3 Å². The topological polar surface area (TPSA) is 71.5 Å². The highest BCUT2D eigenvalue weighted by molar-refractivity contribution is 7.09. The Morgan fingerprint density at radius 2 is 2.15 bits per heavy atom. The lowest BCUT2D eigenvalue weighted by molar-refractivity contribution is -0.135. The summed E-state index contributed by atoms with van der Waals surface area (Å²) < 4.78 is 28.7. The Kier molecular flexibility index (Phi) is 6.00. The maximum atomic E-state index is 12.5. The maximum absolute atomic E-state index is 12.5. The van der Waals surface area contributed by atoms with E-state index in [1.54, 1.807) is 12.1 Å². The Labute approximate surface area is 159 Å². The second-order valence-corrected chi connectivity index (χ2v) is 7.14. The standard InChI is InChI=1S/C18H19F2N3O3S/c1-11-10-27-15(22-11)8-21-17(25)14-6-7-16(24)23(14)9-12-2-4-13(5-3-12)26-18(19)20/h2-5,10,14,18H,6-9H2,1H3,(H,21,25)/t14-/m0/s1. The largest absolute Gasteiger partial charge is 0.435 e. The minimum absolute atomic E-state index is 0.0505. The molecule has 9 heteroatoms. The van der Waals surface area contributed by atoms with Crippen LogP contribution < -0.4 is 10.1 Å². The molecule has 2 amide bonds. The SMILES string of the molecule is Cc1csc(CNC(=O)[C@@H]2CCC(=O)N2Cc2ccc(OC(F)F)cc2)n1. The Morgan fingerprint density at radius 1 is 1.41 bits per heavy atom. The van der Waals surface area contributed by atoms with Gasteiger partial charge in [0, 0.05) is 24.0 Å². The number of hydrogen-bond acceptors (Lipinski definition) is 5. The number of likely N-dealkylation sites (tertiary alicyclic amines) is 1. The first-order chi connectivity index (χ1) is 12.9. The van der Waals surface area contributed by atoms with E-state index in [1.807, 2.05) is 12.3 Å². The van der Waals surface area contributed by atoms with Gasteiger partial charge in [-0.1, -0.05) is 12.1 Å². The average Bonchev–Trinajstić information content (AvgIpc) is 3.20. The molecule has 1 aromatic carbocycles. The number of amides is 2. The van der Waals surface area contributed by atoms with Crippen molar-refractivity contribution in [2.45, 2.75) is 45.5 Å². The molecule has 2 aromatic rings. The van der Waals surface area contributed by atoms with Crippen LogP contribution in [-0.2, 0) is 22.7 Å². The molecule has 0 saturated carbocycles. The summed E-state index contributed by atoms with van der Waals surface area (Å²) in [6.07, 6.45) is 0.759. The lowest BCUT2D eigenvalue weighted by Crippen LogP contribution is -2.44. The monoisotopic (exact) mass is 395 g/mol. The molecule has 1 N–H and O–H groups in total. The lowest BCUT2D eigenvalue weighted by atomic mass is 10.1. The van der Waals surface area contributed by atoms with Crippen LogP contribution in [0.1, 0.15) is 29.1 Å². The fraction of sp³-hybridized carbons (Fsp3) is 0.389. The molecule has 1 atom stereocenters. The molecular formula is C18H19F2N3O3S. The van der Waals surface area contributed by atoms with Gasteiger partial charge in [-0.3, -0.25) is 9.59 Å². The summed E-state index contributed by atoms with van der Waals surface area (Å²) in [6, 6.07) is 5.51. The number of ether oxygens (including phenoxy) is 1. The third-order valence-electron chi connectivity index (χ3n) is 4.21. The van der Waals surface area contributed by atoms with Crippen LogP contribution in [0.5, 0.6) is 5.75 Å². The predicted molar refractivity (Wildman–Crippen MR) is 95.3 cm³/mol. The molecule has 0 unspecified atom stereocenters. The van der Waals surface area contributed by atoms with E-state index in [1.165, 1.54) is 28.4 Å². The molecule has 1 saturated heterocycles. The maximum Gasteiger partial charge on any atom is 0.387 e. The van der Waals surface area contributed by atoms with Gasteiger partial charge in [-0.05, 0) is 31.0 Å². The number of aryl methyl sites for hydroxylation is 1. The number of carbonyl (C=O) groups is 2. The first-order valence-electron chi connectivity index (χ1n) is 8.44. The number of rotatable bonds is 7. The average molecular weight is 395 g/mol. The summed E-state index contributed by atoms with van der Waals surface area (Å²) >= 11 is 1.47. The molecule has 1 aromatic heterocycles. The Balaban J connectivity index is 1.60. The molecule has 0 bridgehead atoms. The number of halogens is 2. The fourth-order valence-corrected chi connectivity index (χ4v) is 3.65. The van der Waals surface area contributed by atoms with Crippen molar-refractivity contribution in [2.24, 2.45) is 0 Å². The molecule has 1 aliphatic rings. The molecule has 6 nitrogen and oxygen atoms in total. The van der Waals surface area contributed by atoms with E-state index in [4.69, 9.17) is 0 Å². The highest BCUT2D eigenvalue weighted by atomic mass is 32.1. The second-order valence-electron chi connectivity index (χ2n) is 6.20. The minimum Gasteiger partial charge on any atom is -0.435 e. The van der Waals surface area contributed by atoms with Crippen molar-refractivity contribution in [1.29, 1.82) is 0 Å². The van der Waals surface area contributed by atoms with Gasteiger partial charge in [-0.15, -0.1) is 11.3 Å². The van der Waals surface area contributed by atoms with Crippen molar-refractivity contribution in [3.05, 3.63) is 45.9 Å². The number of nitrogens with zero attached hydrogens (tertiary/aromatic N) is 2. The molecule has 144 valence electrons. The number of hydrogen-bond donors (Lipinski definition) is 1. The third kappa shape index (κ3) is 5.00. The van der Waals surface area contributed by atoms with Crippen molar-refractivity contribution < 1.29 is 23.1 Å². The first kappa shape index (κ1) is 19.2. The van der Waals surface area contributed by atoms with E-state index >= 15 is 0 Å². The van der Waals surface area contributed by atoms with Gasteiger partial charge < -0.3 is 15.0 Å². The van der Waals surface area contributed by atoms with Crippen molar-refractivity contribution in [1.82, 2.24) is 15.2 Å². The van der Waals surface area contributed by atoms with E-state index in [9.17, 15) is 18.4 Å². The van der Waals surface area contributed by atoms with E-state index in [2.05, 4.69) is 15.0 Å².